The highest BCUT2D eigenvalue weighted by molar-refractivity contribution is 5.83. The normalized spacial score (nSPS) is 19.2. The van der Waals surface area contributed by atoms with Gasteiger partial charge in [0, 0.05) is 37.7 Å². The van der Waals surface area contributed by atoms with Gasteiger partial charge < -0.3 is 25.0 Å². The van der Waals surface area contributed by atoms with Crippen molar-refractivity contribution in [2.75, 3.05) is 40.4 Å². The zero-order valence-corrected chi connectivity index (χ0v) is 16.0. The van der Waals surface area contributed by atoms with Gasteiger partial charge >= 0.3 is 6.03 Å². The molecule has 1 aromatic carbocycles. The van der Waals surface area contributed by atoms with E-state index < -0.39 is 0 Å². The average molecular weight is 363 g/mol. The monoisotopic (exact) mass is 363 g/mol. The Hall–Kier alpha value is -2.44. The lowest BCUT2D eigenvalue weighted by atomic mass is 9.87. The molecule has 0 saturated carbocycles. The number of hydrogen-bond acceptors (Lipinski definition) is 4. The number of nitrogens with one attached hydrogen (secondary N) is 2. The minimum Gasteiger partial charge on any atom is -0.497 e. The lowest BCUT2D eigenvalue weighted by molar-refractivity contribution is -0.124. The van der Waals surface area contributed by atoms with Crippen LogP contribution < -0.4 is 20.1 Å². The van der Waals surface area contributed by atoms with E-state index in [0.717, 1.165) is 12.0 Å². The lowest BCUT2D eigenvalue weighted by Crippen LogP contribution is -2.40. The summed E-state index contributed by atoms with van der Waals surface area (Å²) in [7, 11) is 3.21. The van der Waals surface area contributed by atoms with Crippen LogP contribution in [0, 0.1) is 5.92 Å². The van der Waals surface area contributed by atoms with Gasteiger partial charge in [0.2, 0.25) is 5.91 Å². The molecule has 0 aliphatic carbocycles. The van der Waals surface area contributed by atoms with Crippen molar-refractivity contribution in [2.24, 2.45) is 5.92 Å². The van der Waals surface area contributed by atoms with E-state index in [1.165, 1.54) is 0 Å². The van der Waals surface area contributed by atoms with Crippen LogP contribution in [0.3, 0.4) is 0 Å². The van der Waals surface area contributed by atoms with E-state index in [9.17, 15) is 9.59 Å². The zero-order chi connectivity index (χ0) is 19.1. The molecule has 0 unspecified atom stereocenters. The van der Waals surface area contributed by atoms with E-state index >= 15 is 0 Å². The first-order valence-corrected chi connectivity index (χ1v) is 9.08. The summed E-state index contributed by atoms with van der Waals surface area (Å²) in [5, 5.41) is 5.77. The maximum Gasteiger partial charge on any atom is 0.317 e. The Morgan fingerprint density at radius 3 is 2.54 bits per heavy atom. The second kappa shape index (κ2) is 9.31. The molecule has 1 heterocycles. The van der Waals surface area contributed by atoms with Crippen LogP contribution in [0.2, 0.25) is 0 Å². The fraction of sp³-hybridized carbons (Fsp3) is 0.579. The Bertz CT molecular complexity index is 635. The molecule has 144 valence electrons. The van der Waals surface area contributed by atoms with Gasteiger partial charge in [0.15, 0.2) is 0 Å². The van der Waals surface area contributed by atoms with Crippen molar-refractivity contribution in [3.8, 4) is 11.5 Å². The van der Waals surface area contributed by atoms with Gasteiger partial charge in [-0.3, -0.25) is 4.79 Å². The summed E-state index contributed by atoms with van der Waals surface area (Å²) in [5.41, 5.74) is 0.885. The summed E-state index contributed by atoms with van der Waals surface area (Å²) in [5.74, 6) is 0.880. The van der Waals surface area contributed by atoms with Crippen LogP contribution in [0.25, 0.3) is 0 Å². The van der Waals surface area contributed by atoms with Gasteiger partial charge in [0.25, 0.3) is 0 Å². The number of methoxy groups -OCH3 is 2. The molecule has 2 atom stereocenters. The Kier molecular flexibility index (Phi) is 7.12. The molecule has 0 radical (unpaired) electrons. The second-order valence-electron chi connectivity index (χ2n) is 6.35. The first-order chi connectivity index (χ1) is 12.5. The molecule has 1 aromatic rings. The fourth-order valence-corrected chi connectivity index (χ4v) is 3.32. The van der Waals surface area contributed by atoms with E-state index in [0.29, 0.717) is 37.7 Å². The van der Waals surface area contributed by atoms with Gasteiger partial charge in [0.05, 0.1) is 20.1 Å². The highest BCUT2D eigenvalue weighted by Gasteiger charge is 2.41. The zero-order valence-electron chi connectivity index (χ0n) is 16.0. The van der Waals surface area contributed by atoms with Crippen LogP contribution in [-0.2, 0) is 4.79 Å². The molecule has 1 aliphatic rings. The topological polar surface area (TPSA) is 79.9 Å². The molecular formula is C19H29N3O4. The van der Waals surface area contributed by atoms with Crippen LogP contribution >= 0.6 is 0 Å². The number of hydrogen-bond donors (Lipinski definition) is 2. The van der Waals surface area contributed by atoms with Crippen molar-refractivity contribution in [1.29, 1.82) is 0 Å². The number of benzene rings is 1. The third-order valence-corrected chi connectivity index (χ3v) is 4.66. The number of ether oxygens (including phenoxy) is 2. The van der Waals surface area contributed by atoms with Crippen LogP contribution in [0.1, 0.15) is 31.7 Å². The third-order valence-electron chi connectivity index (χ3n) is 4.66. The fourth-order valence-electron chi connectivity index (χ4n) is 3.32. The Morgan fingerprint density at radius 2 is 1.92 bits per heavy atom. The van der Waals surface area contributed by atoms with E-state index in [-0.39, 0.29) is 23.8 Å². The van der Waals surface area contributed by atoms with Crippen LogP contribution in [-0.4, -0.2) is 57.2 Å². The van der Waals surface area contributed by atoms with Crippen molar-refractivity contribution in [2.45, 2.75) is 26.2 Å². The molecule has 0 spiro atoms. The standard InChI is InChI=1S/C19H29N3O4/c1-5-9-21-18(23)16-12-22(19(24)20-6-2)11-15(16)14-10-13(25-3)7-8-17(14)26-4/h7-8,10,15-16H,5-6,9,11-12H2,1-4H3,(H,20,24)(H,21,23)/t15-,16-/m1/s1. The number of amides is 3. The van der Waals surface area contributed by atoms with E-state index in [1.54, 1.807) is 19.1 Å². The number of carbonyl (C=O) groups is 2. The van der Waals surface area contributed by atoms with Crippen molar-refractivity contribution in [1.82, 2.24) is 15.5 Å². The van der Waals surface area contributed by atoms with Crippen molar-refractivity contribution < 1.29 is 19.1 Å². The quantitative estimate of drug-likeness (QED) is 0.776. The van der Waals surface area contributed by atoms with Crippen LogP contribution in [0.4, 0.5) is 4.79 Å². The Balaban J connectivity index is 2.34. The molecular weight excluding hydrogens is 334 g/mol. The van der Waals surface area contributed by atoms with E-state index in [2.05, 4.69) is 10.6 Å². The molecule has 3 amide bonds. The van der Waals surface area contributed by atoms with Gasteiger partial charge in [-0.25, -0.2) is 4.79 Å². The number of carbonyl (C=O) groups excluding carboxylic acids is 2. The first-order valence-electron chi connectivity index (χ1n) is 9.08. The molecule has 2 rings (SSSR count). The second-order valence-corrected chi connectivity index (χ2v) is 6.35. The summed E-state index contributed by atoms with van der Waals surface area (Å²) in [6, 6.07) is 5.41. The average Bonchev–Trinajstić information content (AvgIpc) is 3.11. The molecule has 1 aliphatic heterocycles. The van der Waals surface area contributed by atoms with Crippen molar-refractivity contribution in [3.05, 3.63) is 23.8 Å². The van der Waals surface area contributed by atoms with Crippen LogP contribution in [0.5, 0.6) is 11.5 Å². The largest absolute Gasteiger partial charge is 0.497 e. The molecule has 7 nitrogen and oxygen atoms in total. The van der Waals surface area contributed by atoms with Gasteiger partial charge in [-0.1, -0.05) is 6.92 Å². The third kappa shape index (κ3) is 4.39. The number of rotatable bonds is 7. The number of urea groups is 1. The minimum absolute atomic E-state index is 0.0338. The molecule has 0 aromatic heterocycles. The predicted molar refractivity (Wildman–Crippen MR) is 99.7 cm³/mol. The molecule has 0 bridgehead atoms. The van der Waals surface area contributed by atoms with Gasteiger partial charge in [0.1, 0.15) is 11.5 Å². The maximum absolute atomic E-state index is 12.7. The van der Waals surface area contributed by atoms with E-state index in [1.807, 2.05) is 32.0 Å². The van der Waals surface area contributed by atoms with Gasteiger partial charge in [-0.2, -0.15) is 0 Å². The Morgan fingerprint density at radius 1 is 1.15 bits per heavy atom. The minimum atomic E-state index is -0.329. The maximum atomic E-state index is 12.7. The number of likely N-dealkylation sites (tertiary alicyclic amines) is 1. The number of nitrogens with zero attached hydrogens (tertiary/aromatic N) is 1. The highest BCUT2D eigenvalue weighted by atomic mass is 16.5. The van der Waals surface area contributed by atoms with Crippen LogP contribution in [0.15, 0.2) is 18.2 Å². The highest BCUT2D eigenvalue weighted by Crippen LogP contribution is 2.39. The van der Waals surface area contributed by atoms with Crippen molar-refractivity contribution >= 4 is 11.9 Å². The lowest BCUT2D eigenvalue weighted by Gasteiger charge is -2.21. The summed E-state index contributed by atoms with van der Waals surface area (Å²) in [4.78, 5) is 26.7. The molecule has 26 heavy (non-hydrogen) atoms. The van der Waals surface area contributed by atoms with Gasteiger partial charge in [-0.05, 0) is 31.5 Å². The van der Waals surface area contributed by atoms with Gasteiger partial charge in [-0.15, -0.1) is 0 Å². The van der Waals surface area contributed by atoms with Crippen molar-refractivity contribution in [3.63, 3.8) is 0 Å². The Labute approximate surface area is 155 Å². The predicted octanol–water partition coefficient (Wildman–Crippen LogP) is 1.97. The first kappa shape index (κ1) is 19.9. The molecule has 1 saturated heterocycles. The SMILES string of the molecule is CCCNC(=O)[C@@H]1CN(C(=O)NCC)C[C@@H]1c1cc(OC)ccc1OC. The molecule has 7 heteroatoms. The molecule has 2 N–H and O–H groups in total. The summed E-state index contributed by atoms with van der Waals surface area (Å²) >= 11 is 0. The van der Waals surface area contributed by atoms with E-state index in [4.69, 9.17) is 9.47 Å². The molecule has 1 fully saturated rings. The summed E-state index contributed by atoms with van der Waals surface area (Å²) in [6.45, 7) is 5.90. The summed E-state index contributed by atoms with van der Waals surface area (Å²) in [6.07, 6.45) is 0.867. The summed E-state index contributed by atoms with van der Waals surface area (Å²) < 4.78 is 10.8. The smallest absolute Gasteiger partial charge is 0.317 e.